The zero-order chi connectivity index (χ0) is 17.2. The molecule has 1 saturated heterocycles. The molecule has 0 amide bonds. The van der Waals surface area contributed by atoms with Crippen LogP contribution in [0.3, 0.4) is 0 Å². The summed E-state index contributed by atoms with van der Waals surface area (Å²) in [6.07, 6.45) is 4.42. The van der Waals surface area contributed by atoms with Crippen LogP contribution < -0.4 is 5.32 Å². The predicted octanol–water partition coefficient (Wildman–Crippen LogP) is 5.99. The van der Waals surface area contributed by atoms with Crippen molar-refractivity contribution in [2.75, 3.05) is 18.4 Å². The Kier molecular flexibility index (Phi) is 4.93. The number of hydrogen-bond donors (Lipinski definition) is 1. The molecule has 3 aromatic rings. The van der Waals surface area contributed by atoms with E-state index in [-0.39, 0.29) is 0 Å². The molecule has 3 nitrogen and oxygen atoms in total. The first-order valence-electron chi connectivity index (χ1n) is 8.51. The number of pyridine rings is 1. The smallest absolute Gasteiger partial charge is 0.0737 e. The summed E-state index contributed by atoms with van der Waals surface area (Å²) in [6.45, 7) is 3.38. The average Bonchev–Trinajstić information content (AvgIpc) is 3.11. The topological polar surface area (TPSA) is 28.2 Å². The van der Waals surface area contributed by atoms with Gasteiger partial charge in [0.15, 0.2) is 0 Å². The van der Waals surface area contributed by atoms with E-state index < -0.39 is 0 Å². The minimum Gasteiger partial charge on any atom is -0.355 e. The Hall–Kier alpha value is -1.62. The summed E-state index contributed by atoms with van der Waals surface area (Å²) < 4.78 is 1.16. The monoisotopic (exact) mass is 415 g/mol. The normalized spacial score (nSPS) is 15.0. The highest BCUT2D eigenvalue weighted by molar-refractivity contribution is 9.10. The van der Waals surface area contributed by atoms with Gasteiger partial charge in [-0.1, -0.05) is 27.5 Å². The Morgan fingerprint density at radius 2 is 1.92 bits per heavy atom. The van der Waals surface area contributed by atoms with Gasteiger partial charge in [-0.15, -0.1) is 0 Å². The molecule has 1 fully saturated rings. The predicted molar refractivity (Wildman–Crippen MR) is 109 cm³/mol. The molecular weight excluding hydrogens is 398 g/mol. The third-order valence-electron chi connectivity index (χ3n) is 4.62. The van der Waals surface area contributed by atoms with Crippen molar-refractivity contribution in [1.82, 2.24) is 9.88 Å². The molecule has 128 valence electrons. The minimum atomic E-state index is 0.702. The van der Waals surface area contributed by atoms with Crippen LogP contribution in [0.1, 0.15) is 18.4 Å². The number of rotatable bonds is 4. The molecular formula is C20H19BrClN3. The summed E-state index contributed by atoms with van der Waals surface area (Å²) in [5, 5.41) is 5.30. The lowest BCUT2D eigenvalue weighted by molar-refractivity contribution is 0.331. The van der Waals surface area contributed by atoms with E-state index in [9.17, 15) is 0 Å². The molecule has 0 aliphatic carbocycles. The lowest BCUT2D eigenvalue weighted by Crippen LogP contribution is -2.18. The van der Waals surface area contributed by atoms with Gasteiger partial charge in [0.05, 0.1) is 5.52 Å². The highest BCUT2D eigenvalue weighted by Gasteiger charge is 2.14. The quantitative estimate of drug-likeness (QED) is 0.566. The van der Waals surface area contributed by atoms with E-state index in [0.29, 0.717) is 5.02 Å². The summed E-state index contributed by atoms with van der Waals surface area (Å²) in [6, 6.07) is 14.2. The SMILES string of the molecule is Clc1ccc2c(Nc3ccc(Br)c(CN4CCCC4)c3)ccnc2c1. The van der Waals surface area contributed by atoms with Gasteiger partial charge < -0.3 is 5.32 Å². The highest BCUT2D eigenvalue weighted by atomic mass is 79.9. The number of hydrogen-bond acceptors (Lipinski definition) is 3. The van der Waals surface area contributed by atoms with E-state index in [1.165, 1.54) is 31.5 Å². The van der Waals surface area contributed by atoms with Gasteiger partial charge in [0, 0.05) is 39.0 Å². The van der Waals surface area contributed by atoms with Gasteiger partial charge in [0.2, 0.25) is 0 Å². The van der Waals surface area contributed by atoms with Gasteiger partial charge in [0.1, 0.15) is 0 Å². The molecule has 25 heavy (non-hydrogen) atoms. The Morgan fingerprint density at radius 1 is 1.08 bits per heavy atom. The number of nitrogens with one attached hydrogen (secondary N) is 1. The molecule has 1 N–H and O–H groups in total. The lowest BCUT2D eigenvalue weighted by Gasteiger charge is -2.17. The Labute approximate surface area is 161 Å². The second-order valence-electron chi connectivity index (χ2n) is 6.43. The molecule has 0 unspecified atom stereocenters. The van der Waals surface area contributed by atoms with Gasteiger partial charge in [-0.25, -0.2) is 0 Å². The number of halogens is 2. The van der Waals surface area contributed by atoms with E-state index in [1.807, 2.05) is 30.5 Å². The molecule has 2 heterocycles. The van der Waals surface area contributed by atoms with E-state index in [2.05, 4.69) is 49.3 Å². The van der Waals surface area contributed by atoms with Crippen LogP contribution >= 0.6 is 27.5 Å². The Bertz CT molecular complexity index is 907. The van der Waals surface area contributed by atoms with Gasteiger partial charge >= 0.3 is 0 Å². The summed E-state index contributed by atoms with van der Waals surface area (Å²) in [4.78, 5) is 6.91. The molecule has 1 aromatic heterocycles. The molecule has 0 bridgehead atoms. The van der Waals surface area contributed by atoms with Crippen LogP contribution in [0.25, 0.3) is 10.9 Å². The standard InChI is InChI=1S/C20H19BrClN3/c21-18-6-4-16(11-14(18)13-25-9-1-2-10-25)24-19-7-8-23-20-12-15(22)3-5-17(19)20/h3-8,11-12H,1-2,9-10,13H2,(H,23,24). The van der Waals surface area contributed by atoms with Crippen molar-refractivity contribution in [3.63, 3.8) is 0 Å². The van der Waals surface area contributed by atoms with Crippen LogP contribution in [-0.2, 0) is 6.54 Å². The summed E-state index contributed by atoms with van der Waals surface area (Å²) >= 11 is 9.77. The maximum atomic E-state index is 6.08. The fraction of sp³-hybridized carbons (Fsp3) is 0.250. The molecule has 0 atom stereocenters. The number of likely N-dealkylation sites (tertiary alicyclic amines) is 1. The average molecular weight is 417 g/mol. The third-order valence-corrected chi connectivity index (χ3v) is 5.63. The molecule has 1 aliphatic heterocycles. The van der Waals surface area contributed by atoms with Crippen molar-refractivity contribution in [1.29, 1.82) is 0 Å². The maximum Gasteiger partial charge on any atom is 0.0737 e. The molecule has 5 heteroatoms. The second-order valence-corrected chi connectivity index (χ2v) is 7.73. The van der Waals surface area contributed by atoms with E-state index in [4.69, 9.17) is 11.6 Å². The van der Waals surface area contributed by atoms with Crippen molar-refractivity contribution in [3.05, 3.63) is 63.7 Å². The zero-order valence-electron chi connectivity index (χ0n) is 13.8. The largest absolute Gasteiger partial charge is 0.355 e. The number of nitrogens with zero attached hydrogens (tertiary/aromatic N) is 2. The molecule has 1 aliphatic rings. The van der Waals surface area contributed by atoms with E-state index in [1.54, 1.807) is 0 Å². The summed E-state index contributed by atoms with van der Waals surface area (Å²) in [7, 11) is 0. The number of benzene rings is 2. The van der Waals surface area contributed by atoms with Crippen LogP contribution in [0.5, 0.6) is 0 Å². The molecule has 0 spiro atoms. The first kappa shape index (κ1) is 16.8. The maximum absolute atomic E-state index is 6.08. The molecule has 4 rings (SSSR count). The highest BCUT2D eigenvalue weighted by Crippen LogP contribution is 2.29. The van der Waals surface area contributed by atoms with Gasteiger partial charge in [-0.3, -0.25) is 9.88 Å². The number of aromatic nitrogens is 1. The fourth-order valence-corrected chi connectivity index (χ4v) is 3.88. The van der Waals surface area contributed by atoms with Crippen molar-refractivity contribution in [2.45, 2.75) is 19.4 Å². The van der Waals surface area contributed by atoms with Gasteiger partial charge in [-0.05, 0) is 74.0 Å². The van der Waals surface area contributed by atoms with Crippen LogP contribution in [0.2, 0.25) is 5.02 Å². The molecule has 0 saturated carbocycles. The number of fused-ring (bicyclic) bond motifs is 1. The second kappa shape index (κ2) is 7.32. The Balaban J connectivity index is 1.62. The summed E-state index contributed by atoms with van der Waals surface area (Å²) in [5.41, 5.74) is 4.33. The lowest BCUT2D eigenvalue weighted by atomic mass is 10.1. The van der Waals surface area contributed by atoms with Crippen molar-refractivity contribution in [2.24, 2.45) is 0 Å². The molecule has 2 aromatic carbocycles. The van der Waals surface area contributed by atoms with Crippen molar-refractivity contribution < 1.29 is 0 Å². The van der Waals surface area contributed by atoms with Crippen molar-refractivity contribution >= 4 is 49.8 Å². The fourth-order valence-electron chi connectivity index (χ4n) is 3.34. The number of anilines is 2. The van der Waals surface area contributed by atoms with Crippen LogP contribution in [0.15, 0.2) is 53.1 Å². The molecule has 0 radical (unpaired) electrons. The van der Waals surface area contributed by atoms with Gasteiger partial charge in [-0.2, -0.15) is 0 Å². The summed E-state index contributed by atoms with van der Waals surface area (Å²) in [5.74, 6) is 0. The van der Waals surface area contributed by atoms with Gasteiger partial charge in [0.25, 0.3) is 0 Å². The van der Waals surface area contributed by atoms with Crippen molar-refractivity contribution in [3.8, 4) is 0 Å². The Morgan fingerprint density at radius 3 is 2.76 bits per heavy atom. The van der Waals surface area contributed by atoms with E-state index in [0.717, 1.165) is 33.3 Å². The first-order valence-corrected chi connectivity index (χ1v) is 9.68. The zero-order valence-corrected chi connectivity index (χ0v) is 16.1. The van der Waals surface area contributed by atoms with E-state index >= 15 is 0 Å². The van der Waals surface area contributed by atoms with Crippen LogP contribution in [0.4, 0.5) is 11.4 Å². The third kappa shape index (κ3) is 3.81. The first-order chi connectivity index (χ1) is 12.2. The minimum absolute atomic E-state index is 0.702. The van der Waals surface area contributed by atoms with Crippen LogP contribution in [-0.4, -0.2) is 23.0 Å². The van der Waals surface area contributed by atoms with Crippen LogP contribution in [0, 0.1) is 0 Å².